The van der Waals surface area contributed by atoms with E-state index in [1.807, 2.05) is 0 Å². The number of carbonyl (C=O) groups excluding carboxylic acids is 2. The first-order valence-electron chi connectivity index (χ1n) is 30.7. The van der Waals surface area contributed by atoms with Crippen molar-refractivity contribution in [2.24, 2.45) is 0 Å². The monoisotopic (exact) mass is 1520 g/mol. The highest BCUT2D eigenvalue weighted by atomic mass is 32.2. The van der Waals surface area contributed by atoms with Crippen molar-refractivity contribution in [2.45, 2.75) is 253 Å². The van der Waals surface area contributed by atoms with Crippen LogP contribution in [0.2, 0.25) is 0 Å². The van der Waals surface area contributed by atoms with E-state index in [2.05, 4.69) is 10.6 Å². The summed E-state index contributed by atoms with van der Waals surface area (Å²) in [5.41, 5.74) is 0. The van der Waals surface area contributed by atoms with E-state index in [1.54, 1.807) is 0 Å². The second-order valence-corrected chi connectivity index (χ2v) is 25.6. The van der Waals surface area contributed by atoms with Crippen LogP contribution in [0.3, 0.4) is 0 Å². The molecule has 102 heavy (non-hydrogen) atoms. The van der Waals surface area contributed by atoms with Crippen LogP contribution in [0.15, 0.2) is 0 Å². The highest BCUT2D eigenvalue weighted by molar-refractivity contribution is 7.83. The highest BCUT2D eigenvalue weighted by Gasteiger charge is 2.62. The Morgan fingerprint density at radius 1 is 0.304 bits per heavy atom. The number of carbonyl (C=O) groups is 6. The molecule has 0 saturated carbocycles. The highest BCUT2D eigenvalue weighted by Crippen LogP contribution is 2.39. The molecule has 8 saturated heterocycles. The lowest BCUT2D eigenvalue weighted by molar-refractivity contribution is -0.381. The summed E-state index contributed by atoms with van der Waals surface area (Å²) < 4.78 is 119. The predicted molar refractivity (Wildman–Crippen MR) is 301 cm³/mol. The third-order valence-electron chi connectivity index (χ3n) is 17.6. The van der Waals surface area contributed by atoms with Crippen molar-refractivity contribution in [3.63, 3.8) is 0 Å². The number of carboxylic acid groups (broad SMARTS) is 4. The Morgan fingerprint density at radius 3 is 0.843 bits per heavy atom. The van der Waals surface area contributed by atoms with Crippen LogP contribution in [0, 0.1) is 0 Å². The van der Waals surface area contributed by atoms with Gasteiger partial charge >= 0.3 is 34.2 Å². The summed E-state index contributed by atoms with van der Waals surface area (Å²) in [6, 6.07) is -6.57. The number of aliphatic hydroxyl groups is 18. The Morgan fingerprint density at radius 2 is 0.559 bits per heavy atom. The van der Waals surface area contributed by atoms with Crippen LogP contribution < -0.4 is 15.4 Å². The molecule has 8 fully saturated rings. The van der Waals surface area contributed by atoms with Crippen LogP contribution in [-0.4, -0.2) is 433 Å². The lowest BCUT2D eigenvalue weighted by Crippen LogP contribution is -2.71. The maximum Gasteiger partial charge on any atom is 0.335 e. The van der Waals surface area contributed by atoms with Crippen molar-refractivity contribution < 1.29 is 225 Å². The minimum Gasteiger partial charge on any atom is -0.479 e. The van der Waals surface area contributed by atoms with E-state index in [0.29, 0.717) is 0 Å². The normalized spacial score (nSPS) is 47.2. The summed E-state index contributed by atoms with van der Waals surface area (Å²) in [6.45, 7) is -3.79. The molecule has 0 bridgehead atoms. The number of hydrogen-bond donors (Lipinski definition) is 26. The van der Waals surface area contributed by atoms with E-state index in [4.69, 9.17) is 71.1 Å². The second kappa shape index (κ2) is 34.5. The molecule has 8 heterocycles. The smallest absolute Gasteiger partial charge is 0.335 e. The maximum atomic E-state index is 13.0. The summed E-state index contributed by atoms with van der Waals surface area (Å²) in [6.07, 6.45) is -81.4. The number of rotatable bonds is 27. The van der Waals surface area contributed by atoms with Crippen LogP contribution in [0.4, 0.5) is 0 Å². The fourth-order valence-electron chi connectivity index (χ4n) is 12.6. The van der Waals surface area contributed by atoms with Crippen LogP contribution in [-0.2, 0) is 110 Å². The molecule has 2 amide bonds. The van der Waals surface area contributed by atoms with Gasteiger partial charge in [-0.15, -0.1) is 0 Å². The Kier molecular flexibility index (Phi) is 28.1. The predicted octanol–water partition coefficient (Wildman–Crippen LogP) is -17.7. The molecule has 49 nitrogen and oxygen atoms in total. The standard InChI is InChI=1S/C52H81N3O46S/c1-8(61)53-15-19(64)32(92-49-27(72)22(67)23(68)38(98-49)42(76)77)12(5-58)88-46(15)95-35-24(69)29(74)51(100-39(35)43(78)79)93-33-13(6-59)89-47(16(20(33)65)54-9(2)62)96-36-25(70)30(75)52(101-40(36)44(80)81)94-34-14(7-60)90-48(17(21(34)66)55-102(84,85)86)97-37-26(71)28(73)50(99-41(37)45(82)83)91-31-11(4-57)87-10(3-56)18(31)63/h10-41,46-52,55-60,63-75H,3-7H2,1-2H3,(H,53,61)(H,54,62)(H,76,77)(H,78,79)(H,80,81)(H,82,83)(H,84,85,86)/t10-,11-,12-,13-,14-,15-,16-,17-,18-,19-,20-,21-,22+,23+,24-,25-,26-,27-,28-,29-,30-,31-,32-,33-,34-,35+,36+,37+,38+,39+,40+,41+,46-,47-,48-,49-,50-,51-,52-/m1/s1. The quantitative estimate of drug-likeness (QED) is 0.0340. The summed E-state index contributed by atoms with van der Waals surface area (Å²) in [7, 11) is -5.58. The van der Waals surface area contributed by atoms with Gasteiger partial charge in [-0.2, -0.15) is 13.1 Å². The average Bonchev–Trinajstić information content (AvgIpc) is 0.864. The molecule has 586 valence electrons. The Balaban J connectivity index is 0.955. The van der Waals surface area contributed by atoms with Gasteiger partial charge in [0.05, 0.1) is 33.0 Å². The van der Waals surface area contributed by atoms with Crippen LogP contribution in [0.5, 0.6) is 0 Å². The zero-order chi connectivity index (χ0) is 75.7. The number of amides is 2. The average molecular weight is 1520 g/mol. The van der Waals surface area contributed by atoms with Crippen molar-refractivity contribution >= 4 is 46.0 Å². The lowest BCUT2D eigenvalue weighted by Gasteiger charge is -2.50. The summed E-state index contributed by atoms with van der Waals surface area (Å²) in [5, 5.41) is 241. The zero-order valence-electron chi connectivity index (χ0n) is 52.6. The van der Waals surface area contributed by atoms with Crippen LogP contribution >= 0.6 is 0 Å². The first kappa shape index (κ1) is 83.0. The molecule has 0 aliphatic carbocycles. The van der Waals surface area contributed by atoms with Gasteiger partial charge in [0.15, 0.2) is 68.4 Å². The SMILES string of the molecule is CC(=O)N[C@H]1[C@@H](O[C@H]2[C@H](O)[C@@H](O)[C@H](O[C@H]3[C@H](O)[C@@H](NC(C)=O)[C@@H](O[C@H]4[C@H](O)[C@@H](O)[C@H](O[C@H]5[C@H](O)[C@@H](NS(=O)(=O)O)[C@@H](O[C@H]6[C@H](O)[C@@H](O)[C@H](O[C@H]7[C@H](O)[C@@H](CO)O[C@@H]7CO)O[C@@H]6C(=O)O)O[C@@H]5CO)O[C@@H]4C(=O)O)O[C@@H]3CO)O[C@@H]2C(=O)O)O[C@H](CO)[C@@H](O[C@@H]2O[C@H](C(=O)O)[C@@H](O)[C@H](O)[C@H]2O)[C@@H]1O. The molecule has 8 aliphatic heterocycles. The third kappa shape index (κ3) is 17.8. The Labute approximate surface area is 571 Å². The van der Waals surface area contributed by atoms with E-state index in [1.165, 1.54) is 4.72 Å². The molecule has 0 aromatic carbocycles. The lowest BCUT2D eigenvalue weighted by atomic mass is 9.93. The van der Waals surface area contributed by atoms with Crippen molar-refractivity contribution in [1.29, 1.82) is 0 Å². The molecule has 0 aromatic heterocycles. The number of ether oxygens (including phenoxy) is 15. The van der Waals surface area contributed by atoms with Crippen molar-refractivity contribution in [3.05, 3.63) is 0 Å². The molecule has 0 spiro atoms. The van der Waals surface area contributed by atoms with Gasteiger partial charge in [0.25, 0.3) is 0 Å². The first-order valence-corrected chi connectivity index (χ1v) is 32.2. The number of hydrogen-bond acceptors (Lipinski definition) is 41. The summed E-state index contributed by atoms with van der Waals surface area (Å²) in [4.78, 5) is 75.5. The fraction of sp³-hybridized carbons (Fsp3) is 0.885. The van der Waals surface area contributed by atoms with Gasteiger partial charge in [-0.1, -0.05) is 0 Å². The molecule has 8 rings (SSSR count). The van der Waals surface area contributed by atoms with E-state index >= 15 is 0 Å². The molecule has 0 aromatic rings. The van der Waals surface area contributed by atoms with Gasteiger partial charge in [0.1, 0.15) is 171 Å². The number of carboxylic acids is 4. The maximum absolute atomic E-state index is 13.0. The molecule has 39 atom stereocenters. The fourth-order valence-corrected chi connectivity index (χ4v) is 13.2. The molecule has 50 heteroatoms. The molecule has 26 N–H and O–H groups in total. The second-order valence-electron chi connectivity index (χ2n) is 24.5. The van der Waals surface area contributed by atoms with Crippen LogP contribution in [0.1, 0.15) is 13.8 Å². The third-order valence-corrected chi connectivity index (χ3v) is 18.2. The zero-order valence-corrected chi connectivity index (χ0v) is 53.5. The summed E-state index contributed by atoms with van der Waals surface area (Å²) in [5.74, 6) is -10.0. The number of nitrogens with one attached hydrogen (secondary N) is 3. The Hall–Kier alpha value is -4.63. The van der Waals surface area contributed by atoms with Gasteiger partial charge in [-0.3, -0.25) is 14.1 Å². The largest absolute Gasteiger partial charge is 0.479 e. The van der Waals surface area contributed by atoms with Gasteiger partial charge in [0, 0.05) is 13.8 Å². The molecular weight excluding hydrogens is 1430 g/mol. The van der Waals surface area contributed by atoms with Gasteiger partial charge < -0.3 is 194 Å². The minimum absolute atomic E-state index is 0.810. The van der Waals surface area contributed by atoms with E-state index in [0.717, 1.165) is 13.8 Å². The first-order chi connectivity index (χ1) is 47.8. The molecular formula is C52H81N3O46S. The van der Waals surface area contributed by atoms with Crippen LogP contribution in [0.25, 0.3) is 0 Å². The van der Waals surface area contributed by atoms with Gasteiger partial charge in [-0.25, -0.2) is 19.2 Å². The van der Waals surface area contributed by atoms with Gasteiger partial charge in [-0.05, 0) is 0 Å². The molecule has 8 aliphatic rings. The topological polar surface area (TPSA) is 776 Å². The van der Waals surface area contributed by atoms with E-state index in [-0.39, 0.29) is 0 Å². The number of aliphatic carboxylic acids is 4. The van der Waals surface area contributed by atoms with Gasteiger partial charge in [0.2, 0.25) is 11.8 Å². The molecule has 0 radical (unpaired) electrons. The van der Waals surface area contributed by atoms with E-state index in [9.17, 15) is 154 Å². The Bertz CT molecular complexity index is 2970. The summed E-state index contributed by atoms with van der Waals surface area (Å²) >= 11 is 0. The minimum atomic E-state index is -5.58. The van der Waals surface area contributed by atoms with Crippen molar-refractivity contribution in [3.8, 4) is 0 Å². The van der Waals surface area contributed by atoms with E-state index < -0.39 is 318 Å². The molecule has 0 unspecified atom stereocenters. The van der Waals surface area contributed by atoms with Crippen molar-refractivity contribution in [2.75, 3.05) is 33.0 Å². The number of aliphatic hydroxyl groups excluding tert-OH is 18. The van der Waals surface area contributed by atoms with Crippen molar-refractivity contribution in [1.82, 2.24) is 15.4 Å².